The minimum atomic E-state index is -0.340. The van der Waals surface area contributed by atoms with Gasteiger partial charge in [-0.2, -0.15) is 0 Å². The molecule has 1 aromatic rings. The Morgan fingerprint density at radius 1 is 1.38 bits per heavy atom. The zero-order valence-electron chi connectivity index (χ0n) is 7.09. The molecule has 13 heavy (non-hydrogen) atoms. The van der Waals surface area contributed by atoms with Gasteiger partial charge in [-0.15, -0.1) is 11.8 Å². The van der Waals surface area contributed by atoms with E-state index in [0.29, 0.717) is 17.9 Å². The molecule has 0 aliphatic heterocycles. The van der Waals surface area contributed by atoms with E-state index in [1.54, 1.807) is 6.07 Å². The molecule has 0 fully saturated rings. The van der Waals surface area contributed by atoms with Gasteiger partial charge in [0.25, 0.3) is 0 Å². The van der Waals surface area contributed by atoms with E-state index in [4.69, 9.17) is 5.73 Å². The monoisotopic (exact) mass is 203 g/mol. The molecule has 72 valence electrons. The molecule has 0 atom stereocenters. The lowest BCUT2D eigenvalue weighted by atomic mass is 10.3. The molecule has 0 amide bonds. The van der Waals surface area contributed by atoms with Crippen LogP contribution < -0.4 is 5.73 Å². The van der Waals surface area contributed by atoms with Crippen LogP contribution in [0.2, 0.25) is 0 Å². The van der Waals surface area contributed by atoms with Crippen molar-refractivity contribution in [3.05, 3.63) is 24.0 Å². The van der Waals surface area contributed by atoms with Crippen molar-refractivity contribution in [3.8, 4) is 0 Å². The van der Waals surface area contributed by atoms with Crippen LogP contribution in [0.25, 0.3) is 0 Å². The average molecular weight is 203 g/mol. The molecule has 4 heteroatoms. The summed E-state index contributed by atoms with van der Waals surface area (Å²) < 4.78 is 24.3. The summed E-state index contributed by atoms with van der Waals surface area (Å²) in [5.41, 5.74) is 5.97. The molecule has 0 bridgehead atoms. The summed E-state index contributed by atoms with van der Waals surface area (Å²) >= 11 is 1.45. The molecular formula is C9H11F2NS. The fourth-order valence-corrected chi connectivity index (χ4v) is 1.75. The third-order valence-electron chi connectivity index (χ3n) is 1.51. The Hall–Kier alpha value is -0.770. The Morgan fingerprint density at radius 2 is 2.15 bits per heavy atom. The van der Waals surface area contributed by atoms with Gasteiger partial charge in [0, 0.05) is 16.3 Å². The smallest absolute Gasteiger partial charge is 0.125 e. The molecule has 0 spiro atoms. The lowest BCUT2D eigenvalue weighted by molar-refractivity contribution is 0.489. The minimum absolute atomic E-state index is 0.325. The molecule has 0 heterocycles. The van der Waals surface area contributed by atoms with Gasteiger partial charge in [0.15, 0.2) is 0 Å². The largest absolute Gasteiger partial charge is 0.398 e. The first-order valence-electron chi connectivity index (χ1n) is 3.98. The number of hydrogen-bond donors (Lipinski definition) is 1. The highest BCUT2D eigenvalue weighted by molar-refractivity contribution is 7.99. The van der Waals surface area contributed by atoms with Crippen molar-refractivity contribution < 1.29 is 8.78 Å². The van der Waals surface area contributed by atoms with Crippen LogP contribution >= 0.6 is 11.8 Å². The lowest BCUT2D eigenvalue weighted by Gasteiger charge is -2.03. The summed E-state index contributed by atoms with van der Waals surface area (Å²) in [6.45, 7) is -0.325. The van der Waals surface area contributed by atoms with Gasteiger partial charge in [0.1, 0.15) is 5.82 Å². The van der Waals surface area contributed by atoms with Gasteiger partial charge in [-0.3, -0.25) is 4.39 Å². The highest BCUT2D eigenvalue weighted by atomic mass is 32.2. The second kappa shape index (κ2) is 5.07. The molecule has 0 aliphatic rings. The van der Waals surface area contributed by atoms with Gasteiger partial charge >= 0.3 is 0 Å². The van der Waals surface area contributed by atoms with E-state index >= 15 is 0 Å². The number of thioether (sulfide) groups is 1. The van der Waals surface area contributed by atoms with E-state index < -0.39 is 0 Å². The topological polar surface area (TPSA) is 26.0 Å². The Morgan fingerprint density at radius 3 is 2.77 bits per heavy atom. The van der Waals surface area contributed by atoms with Gasteiger partial charge in [-0.05, 0) is 24.6 Å². The molecule has 1 rings (SSSR count). The number of benzene rings is 1. The zero-order chi connectivity index (χ0) is 9.68. The third-order valence-corrected chi connectivity index (χ3v) is 2.68. The molecule has 0 saturated heterocycles. The first-order valence-corrected chi connectivity index (χ1v) is 4.96. The quantitative estimate of drug-likeness (QED) is 0.462. The second-order valence-electron chi connectivity index (χ2n) is 2.57. The van der Waals surface area contributed by atoms with Crippen molar-refractivity contribution >= 4 is 17.4 Å². The van der Waals surface area contributed by atoms with Crippen molar-refractivity contribution in [2.45, 2.75) is 11.3 Å². The fourth-order valence-electron chi connectivity index (χ4n) is 0.887. The van der Waals surface area contributed by atoms with Crippen molar-refractivity contribution in [1.29, 1.82) is 0 Å². The SMILES string of the molecule is Nc1cc(F)ccc1SCCCF. The van der Waals surface area contributed by atoms with Crippen LogP contribution in [0.4, 0.5) is 14.5 Å². The number of nitrogen functional groups attached to an aromatic ring is 1. The standard InChI is InChI=1S/C9H11F2NS/c10-4-1-5-13-9-3-2-7(11)6-8(9)12/h2-3,6H,1,4-5,12H2. The zero-order valence-corrected chi connectivity index (χ0v) is 7.91. The Bertz CT molecular complexity index is 278. The molecule has 0 unspecified atom stereocenters. The number of nitrogens with two attached hydrogens (primary N) is 1. The number of anilines is 1. The highest BCUT2D eigenvalue weighted by Gasteiger charge is 2.00. The van der Waals surface area contributed by atoms with Crippen molar-refractivity contribution in [2.24, 2.45) is 0 Å². The van der Waals surface area contributed by atoms with Gasteiger partial charge in [-0.1, -0.05) is 0 Å². The van der Waals surface area contributed by atoms with E-state index in [1.807, 2.05) is 0 Å². The van der Waals surface area contributed by atoms with Gasteiger partial charge in [-0.25, -0.2) is 4.39 Å². The molecule has 1 nitrogen and oxygen atoms in total. The predicted molar refractivity (Wildman–Crippen MR) is 52.1 cm³/mol. The highest BCUT2D eigenvalue weighted by Crippen LogP contribution is 2.25. The number of alkyl halides is 1. The first-order chi connectivity index (χ1) is 6.24. The molecule has 1 aromatic carbocycles. The Labute approximate surface area is 80.3 Å². The molecule has 2 N–H and O–H groups in total. The predicted octanol–water partition coefficient (Wildman–Crippen LogP) is 2.86. The number of hydrogen-bond acceptors (Lipinski definition) is 2. The van der Waals surface area contributed by atoms with Crippen molar-refractivity contribution in [3.63, 3.8) is 0 Å². The van der Waals surface area contributed by atoms with Gasteiger partial charge in [0.2, 0.25) is 0 Å². The van der Waals surface area contributed by atoms with E-state index in [9.17, 15) is 8.78 Å². The normalized spacial score (nSPS) is 10.3. The van der Waals surface area contributed by atoms with E-state index in [2.05, 4.69) is 0 Å². The third kappa shape index (κ3) is 3.22. The van der Waals surface area contributed by atoms with Gasteiger partial charge < -0.3 is 5.73 Å². The van der Waals surface area contributed by atoms with Crippen molar-refractivity contribution in [2.75, 3.05) is 18.2 Å². The molecule has 0 aromatic heterocycles. The van der Waals surface area contributed by atoms with Crippen LogP contribution in [0.1, 0.15) is 6.42 Å². The maximum Gasteiger partial charge on any atom is 0.125 e. The molecular weight excluding hydrogens is 192 g/mol. The van der Waals surface area contributed by atoms with Crippen LogP contribution in [0.15, 0.2) is 23.1 Å². The Kier molecular flexibility index (Phi) is 4.02. The van der Waals surface area contributed by atoms with E-state index in [-0.39, 0.29) is 12.5 Å². The summed E-state index contributed by atoms with van der Waals surface area (Å²) in [7, 11) is 0. The molecule has 0 radical (unpaired) electrons. The van der Waals surface area contributed by atoms with Crippen LogP contribution in [0.3, 0.4) is 0 Å². The first kappa shape index (κ1) is 10.3. The van der Waals surface area contributed by atoms with Crippen LogP contribution in [-0.4, -0.2) is 12.4 Å². The summed E-state index contributed by atoms with van der Waals surface area (Å²) in [5, 5.41) is 0. The maximum atomic E-state index is 12.6. The van der Waals surface area contributed by atoms with Crippen LogP contribution in [0, 0.1) is 5.82 Å². The van der Waals surface area contributed by atoms with E-state index in [0.717, 1.165) is 4.90 Å². The maximum absolute atomic E-state index is 12.6. The summed E-state index contributed by atoms with van der Waals surface area (Å²) in [5.74, 6) is 0.333. The van der Waals surface area contributed by atoms with Crippen molar-refractivity contribution in [1.82, 2.24) is 0 Å². The van der Waals surface area contributed by atoms with Crippen LogP contribution in [-0.2, 0) is 0 Å². The number of rotatable bonds is 4. The van der Waals surface area contributed by atoms with E-state index in [1.165, 1.54) is 23.9 Å². The summed E-state index contributed by atoms with van der Waals surface area (Å²) in [6.07, 6.45) is 0.501. The second-order valence-corrected chi connectivity index (χ2v) is 3.71. The summed E-state index contributed by atoms with van der Waals surface area (Å²) in [4.78, 5) is 0.815. The minimum Gasteiger partial charge on any atom is -0.398 e. The summed E-state index contributed by atoms with van der Waals surface area (Å²) in [6, 6.07) is 4.25. The Balaban J connectivity index is 2.56. The van der Waals surface area contributed by atoms with Crippen LogP contribution in [0.5, 0.6) is 0 Å². The average Bonchev–Trinajstić information content (AvgIpc) is 2.09. The number of halogens is 2. The fraction of sp³-hybridized carbons (Fsp3) is 0.333. The molecule has 0 saturated carbocycles. The molecule has 0 aliphatic carbocycles. The van der Waals surface area contributed by atoms with Gasteiger partial charge in [0.05, 0.1) is 6.67 Å². The lowest BCUT2D eigenvalue weighted by Crippen LogP contribution is -1.91.